The first-order valence-corrected chi connectivity index (χ1v) is 5.88. The summed E-state index contributed by atoms with van der Waals surface area (Å²) in [5, 5.41) is 3.14. The van der Waals surface area contributed by atoms with E-state index in [0.29, 0.717) is 5.70 Å². The number of carbonyl (C=O) groups is 1. The second-order valence-corrected chi connectivity index (χ2v) is 4.52. The lowest BCUT2D eigenvalue weighted by Gasteiger charge is -2.15. The van der Waals surface area contributed by atoms with Gasteiger partial charge in [0, 0.05) is 12.8 Å². The van der Waals surface area contributed by atoms with Crippen LogP contribution in [0.25, 0.3) is 0 Å². The fourth-order valence-electron chi connectivity index (χ4n) is 1.72. The molecule has 1 aromatic rings. The van der Waals surface area contributed by atoms with Crippen molar-refractivity contribution in [1.29, 1.82) is 0 Å². The monoisotopic (exact) mass is 267 g/mol. The van der Waals surface area contributed by atoms with E-state index in [2.05, 4.69) is 5.32 Å². The molecule has 5 heteroatoms. The minimum absolute atomic E-state index is 0.0303. The van der Waals surface area contributed by atoms with Crippen LogP contribution in [-0.4, -0.2) is 19.4 Å². The van der Waals surface area contributed by atoms with Crippen LogP contribution in [0.5, 0.6) is 0 Å². The van der Waals surface area contributed by atoms with Gasteiger partial charge in [-0.25, -0.2) is 4.79 Å². The highest BCUT2D eigenvalue weighted by Gasteiger charge is 2.33. The number of methoxy groups -OCH3 is 1. The summed E-state index contributed by atoms with van der Waals surface area (Å²) in [5.41, 5.74) is 3.48. The number of hydrogen-bond donors (Lipinski definition) is 1. The van der Waals surface area contributed by atoms with Crippen molar-refractivity contribution in [2.45, 2.75) is 20.1 Å². The Labute approximate surface area is 111 Å². The highest BCUT2D eigenvalue weighted by molar-refractivity contribution is 6.42. The average Bonchev–Trinajstić information content (AvgIpc) is 2.61. The summed E-state index contributed by atoms with van der Waals surface area (Å²) in [6.45, 7) is 3.96. The summed E-state index contributed by atoms with van der Waals surface area (Å²) in [6.07, 6.45) is -0.773. The SMILES string of the molecule is COC1OC(=O)C(Cl)=C1Nc1cc(C)ccc1C. The topological polar surface area (TPSA) is 47.6 Å². The Bertz CT molecular complexity index is 525. The molecule has 0 fully saturated rings. The molecule has 4 nitrogen and oxygen atoms in total. The molecule has 1 aromatic carbocycles. The Morgan fingerprint density at radius 1 is 1.39 bits per heavy atom. The number of nitrogens with one attached hydrogen (secondary N) is 1. The Kier molecular flexibility index (Phi) is 3.59. The van der Waals surface area contributed by atoms with Gasteiger partial charge in [0.1, 0.15) is 5.70 Å². The molecule has 0 saturated carbocycles. The van der Waals surface area contributed by atoms with Crippen LogP contribution >= 0.6 is 11.6 Å². The average molecular weight is 268 g/mol. The molecule has 0 aliphatic carbocycles. The van der Waals surface area contributed by atoms with Crippen LogP contribution in [0.4, 0.5) is 5.69 Å². The summed E-state index contributed by atoms with van der Waals surface area (Å²) in [4.78, 5) is 11.4. The van der Waals surface area contributed by atoms with Gasteiger partial charge in [-0.15, -0.1) is 0 Å². The number of aryl methyl sites for hydroxylation is 2. The molecule has 0 aromatic heterocycles. The summed E-state index contributed by atoms with van der Waals surface area (Å²) in [5.74, 6) is -0.573. The van der Waals surface area contributed by atoms with Crippen molar-refractivity contribution >= 4 is 23.3 Å². The number of rotatable bonds is 3. The summed E-state index contributed by atoms with van der Waals surface area (Å²) >= 11 is 5.91. The van der Waals surface area contributed by atoms with E-state index in [-0.39, 0.29) is 5.03 Å². The lowest BCUT2D eigenvalue weighted by molar-refractivity contribution is -0.155. The van der Waals surface area contributed by atoms with Crippen LogP contribution < -0.4 is 5.32 Å². The highest BCUT2D eigenvalue weighted by atomic mass is 35.5. The molecule has 1 aliphatic heterocycles. The van der Waals surface area contributed by atoms with Gasteiger partial charge in [0.25, 0.3) is 0 Å². The van der Waals surface area contributed by atoms with Gasteiger partial charge in [0.2, 0.25) is 6.29 Å². The van der Waals surface area contributed by atoms with Crippen molar-refractivity contribution in [1.82, 2.24) is 0 Å². The van der Waals surface area contributed by atoms with Gasteiger partial charge in [-0.2, -0.15) is 0 Å². The second kappa shape index (κ2) is 5.00. The van der Waals surface area contributed by atoms with E-state index in [0.717, 1.165) is 16.8 Å². The fourth-order valence-corrected chi connectivity index (χ4v) is 1.90. The standard InChI is InChI=1S/C13H14ClNO3/c1-7-4-5-8(2)9(6-7)15-11-10(14)12(16)18-13(11)17-3/h4-6,13,15H,1-3H3. The molecular weight excluding hydrogens is 254 g/mol. The van der Waals surface area contributed by atoms with Gasteiger partial charge >= 0.3 is 5.97 Å². The third-order valence-electron chi connectivity index (χ3n) is 2.74. The zero-order chi connectivity index (χ0) is 13.3. The van der Waals surface area contributed by atoms with Crippen LogP contribution in [0.2, 0.25) is 0 Å². The molecule has 2 rings (SSSR count). The van der Waals surface area contributed by atoms with E-state index in [1.807, 2.05) is 32.0 Å². The molecule has 0 saturated heterocycles. The maximum atomic E-state index is 11.4. The predicted octanol–water partition coefficient (Wildman–Crippen LogP) is 2.70. The van der Waals surface area contributed by atoms with Crippen molar-refractivity contribution in [2.75, 3.05) is 12.4 Å². The van der Waals surface area contributed by atoms with Crippen molar-refractivity contribution in [3.8, 4) is 0 Å². The largest absolute Gasteiger partial charge is 0.425 e. The smallest absolute Gasteiger partial charge is 0.354 e. The van der Waals surface area contributed by atoms with Gasteiger partial charge in [-0.1, -0.05) is 23.7 Å². The predicted molar refractivity (Wildman–Crippen MR) is 69.3 cm³/mol. The normalized spacial score (nSPS) is 19.1. The molecule has 0 amide bonds. The van der Waals surface area contributed by atoms with Crippen molar-refractivity contribution in [3.63, 3.8) is 0 Å². The first-order valence-electron chi connectivity index (χ1n) is 5.50. The molecule has 1 aliphatic rings. The Balaban J connectivity index is 2.33. The van der Waals surface area contributed by atoms with Crippen LogP contribution in [0.15, 0.2) is 28.9 Å². The highest BCUT2D eigenvalue weighted by Crippen LogP contribution is 2.29. The molecule has 1 N–H and O–H groups in total. The summed E-state index contributed by atoms with van der Waals surface area (Å²) in [7, 11) is 1.46. The molecule has 1 atom stereocenters. The number of anilines is 1. The quantitative estimate of drug-likeness (QED) is 0.856. The fraction of sp³-hybridized carbons (Fsp3) is 0.308. The van der Waals surface area contributed by atoms with Gasteiger partial charge in [-0.3, -0.25) is 0 Å². The molecule has 18 heavy (non-hydrogen) atoms. The number of benzene rings is 1. The number of carbonyl (C=O) groups excluding carboxylic acids is 1. The van der Waals surface area contributed by atoms with Crippen LogP contribution in [0.1, 0.15) is 11.1 Å². The maximum Gasteiger partial charge on any atom is 0.354 e. The maximum absolute atomic E-state index is 11.4. The van der Waals surface area contributed by atoms with E-state index in [1.54, 1.807) is 0 Å². The summed E-state index contributed by atoms with van der Waals surface area (Å²) in [6, 6.07) is 5.98. The van der Waals surface area contributed by atoms with Crippen molar-refractivity contribution in [2.24, 2.45) is 0 Å². The minimum atomic E-state index is -0.773. The third-order valence-corrected chi connectivity index (χ3v) is 3.10. The number of hydrogen-bond acceptors (Lipinski definition) is 4. The second-order valence-electron chi connectivity index (χ2n) is 4.14. The Morgan fingerprint density at radius 2 is 2.11 bits per heavy atom. The van der Waals surface area contributed by atoms with Gasteiger partial charge in [0.15, 0.2) is 5.03 Å². The van der Waals surface area contributed by atoms with E-state index in [1.165, 1.54) is 7.11 Å². The molecule has 96 valence electrons. The van der Waals surface area contributed by atoms with E-state index in [4.69, 9.17) is 21.1 Å². The van der Waals surface area contributed by atoms with Gasteiger partial charge in [-0.05, 0) is 31.0 Å². The number of esters is 1. The first-order chi connectivity index (χ1) is 8.52. The van der Waals surface area contributed by atoms with Gasteiger partial charge < -0.3 is 14.8 Å². The molecule has 0 radical (unpaired) electrons. The Morgan fingerprint density at radius 3 is 2.78 bits per heavy atom. The lowest BCUT2D eigenvalue weighted by Crippen LogP contribution is -2.18. The van der Waals surface area contributed by atoms with Gasteiger partial charge in [0.05, 0.1) is 0 Å². The van der Waals surface area contributed by atoms with Crippen molar-refractivity contribution < 1.29 is 14.3 Å². The molecular formula is C13H14ClNO3. The van der Waals surface area contributed by atoms with Crippen LogP contribution in [0.3, 0.4) is 0 Å². The molecule has 1 unspecified atom stereocenters. The lowest BCUT2D eigenvalue weighted by atomic mass is 10.1. The zero-order valence-corrected chi connectivity index (χ0v) is 11.2. The number of cyclic esters (lactones) is 1. The number of ether oxygens (including phenoxy) is 2. The zero-order valence-electron chi connectivity index (χ0n) is 10.4. The van der Waals surface area contributed by atoms with Crippen LogP contribution in [-0.2, 0) is 14.3 Å². The summed E-state index contributed by atoms with van der Waals surface area (Å²) < 4.78 is 10.0. The Hall–Kier alpha value is -1.52. The minimum Gasteiger partial charge on any atom is -0.425 e. The number of halogens is 1. The van der Waals surface area contributed by atoms with E-state index >= 15 is 0 Å². The third kappa shape index (κ3) is 2.35. The molecule has 0 spiro atoms. The molecule has 1 heterocycles. The van der Waals surface area contributed by atoms with E-state index in [9.17, 15) is 4.79 Å². The van der Waals surface area contributed by atoms with Crippen molar-refractivity contribution in [3.05, 3.63) is 40.1 Å². The molecule has 0 bridgehead atoms. The van der Waals surface area contributed by atoms with Crippen LogP contribution in [0, 0.1) is 13.8 Å². The first kappa shape index (κ1) is 12.9. The van der Waals surface area contributed by atoms with E-state index < -0.39 is 12.3 Å².